The Kier molecular flexibility index (Phi) is 5.97. The summed E-state index contributed by atoms with van der Waals surface area (Å²) in [5, 5.41) is 4.02. The molecule has 0 radical (unpaired) electrons. The third-order valence-corrected chi connectivity index (χ3v) is 4.67. The van der Waals surface area contributed by atoms with E-state index in [4.69, 9.17) is 5.73 Å². The third kappa shape index (κ3) is 3.94. The maximum Gasteiger partial charge on any atom is 0.245 e. The van der Waals surface area contributed by atoms with Crippen molar-refractivity contribution in [3.63, 3.8) is 0 Å². The molecule has 0 saturated heterocycles. The Bertz CT molecular complexity index is 520. The first-order valence-corrected chi connectivity index (χ1v) is 8.36. The number of aromatic nitrogens is 2. The summed E-state index contributed by atoms with van der Waals surface area (Å²) in [7, 11) is -3.60. The van der Waals surface area contributed by atoms with Crippen molar-refractivity contribution in [2.75, 3.05) is 31.9 Å². The van der Waals surface area contributed by atoms with Crippen molar-refractivity contribution < 1.29 is 8.42 Å². The summed E-state index contributed by atoms with van der Waals surface area (Å²) in [6, 6.07) is 0.0228. The molecule has 0 fully saturated rings. The molecule has 0 saturated carbocycles. The van der Waals surface area contributed by atoms with Crippen LogP contribution in [0.25, 0.3) is 0 Å². The fourth-order valence-electron chi connectivity index (χ4n) is 1.93. The van der Waals surface area contributed by atoms with Gasteiger partial charge in [0.15, 0.2) is 0 Å². The number of rotatable bonds is 8. The number of hydrogen-bond donors (Lipinski definition) is 2. The standard InChI is InChI=1S/C12H25N5O2S/c1-5-16(6-2)8-7-15-20(18,19)11-9-14-17(10(3)4)12(11)13/h9-10,15H,5-8,13H2,1-4H3. The van der Waals surface area contributed by atoms with E-state index >= 15 is 0 Å². The Morgan fingerprint density at radius 1 is 1.40 bits per heavy atom. The average molecular weight is 303 g/mol. The fourth-order valence-corrected chi connectivity index (χ4v) is 3.00. The van der Waals surface area contributed by atoms with Crippen LogP contribution in [0.2, 0.25) is 0 Å². The molecule has 0 unspecified atom stereocenters. The van der Waals surface area contributed by atoms with Gasteiger partial charge >= 0.3 is 0 Å². The van der Waals surface area contributed by atoms with Gasteiger partial charge in [0.25, 0.3) is 0 Å². The third-order valence-electron chi connectivity index (χ3n) is 3.19. The zero-order chi connectivity index (χ0) is 15.3. The van der Waals surface area contributed by atoms with Gasteiger partial charge in [-0.25, -0.2) is 17.8 Å². The van der Waals surface area contributed by atoms with Gasteiger partial charge < -0.3 is 10.6 Å². The van der Waals surface area contributed by atoms with Crippen LogP contribution in [0.5, 0.6) is 0 Å². The minimum Gasteiger partial charge on any atom is -0.383 e. The number of hydrogen-bond acceptors (Lipinski definition) is 5. The predicted molar refractivity (Wildman–Crippen MR) is 80.0 cm³/mol. The van der Waals surface area contributed by atoms with Crippen molar-refractivity contribution in [1.29, 1.82) is 0 Å². The molecule has 0 aliphatic rings. The SMILES string of the molecule is CCN(CC)CCNS(=O)(=O)c1cnn(C(C)C)c1N. The van der Waals surface area contributed by atoms with Crippen LogP contribution in [0.4, 0.5) is 5.82 Å². The Labute approximate surface area is 121 Å². The first kappa shape index (κ1) is 16.9. The second-order valence-corrected chi connectivity index (χ2v) is 6.59. The van der Waals surface area contributed by atoms with E-state index in [9.17, 15) is 8.42 Å². The molecule has 7 nitrogen and oxygen atoms in total. The summed E-state index contributed by atoms with van der Waals surface area (Å²) in [5.74, 6) is 0.176. The highest BCUT2D eigenvalue weighted by Crippen LogP contribution is 2.20. The van der Waals surface area contributed by atoms with Crippen LogP contribution < -0.4 is 10.5 Å². The zero-order valence-corrected chi connectivity index (χ0v) is 13.4. The van der Waals surface area contributed by atoms with Crippen LogP contribution in [0.3, 0.4) is 0 Å². The van der Waals surface area contributed by atoms with Gasteiger partial charge in [-0.1, -0.05) is 13.8 Å². The molecule has 3 N–H and O–H groups in total. The molecule has 0 bridgehead atoms. The van der Waals surface area contributed by atoms with Crippen molar-refractivity contribution in [3.8, 4) is 0 Å². The highest BCUT2D eigenvalue weighted by Gasteiger charge is 2.22. The van der Waals surface area contributed by atoms with Gasteiger partial charge in [-0.3, -0.25) is 0 Å². The summed E-state index contributed by atoms with van der Waals surface area (Å²) in [5.41, 5.74) is 5.85. The van der Waals surface area contributed by atoms with Crippen LogP contribution >= 0.6 is 0 Å². The molecule has 0 atom stereocenters. The maximum atomic E-state index is 12.2. The summed E-state index contributed by atoms with van der Waals surface area (Å²) in [6.07, 6.45) is 1.30. The molecule has 1 rings (SSSR count). The largest absolute Gasteiger partial charge is 0.383 e. The average Bonchev–Trinajstić information content (AvgIpc) is 2.77. The topological polar surface area (TPSA) is 93.2 Å². The van der Waals surface area contributed by atoms with E-state index in [1.807, 2.05) is 27.7 Å². The number of nitrogens with one attached hydrogen (secondary N) is 1. The normalized spacial score (nSPS) is 12.5. The van der Waals surface area contributed by atoms with E-state index in [0.717, 1.165) is 13.1 Å². The Hall–Kier alpha value is -1.12. The van der Waals surface area contributed by atoms with E-state index in [1.165, 1.54) is 10.9 Å². The number of sulfonamides is 1. The van der Waals surface area contributed by atoms with Gasteiger partial charge in [0.1, 0.15) is 10.7 Å². The van der Waals surface area contributed by atoms with Crippen molar-refractivity contribution in [3.05, 3.63) is 6.20 Å². The zero-order valence-electron chi connectivity index (χ0n) is 12.6. The van der Waals surface area contributed by atoms with E-state index in [0.29, 0.717) is 13.1 Å². The smallest absolute Gasteiger partial charge is 0.245 e. The highest BCUT2D eigenvalue weighted by atomic mass is 32.2. The van der Waals surface area contributed by atoms with E-state index < -0.39 is 10.0 Å². The van der Waals surface area contributed by atoms with Gasteiger partial charge in [0.2, 0.25) is 10.0 Å². The van der Waals surface area contributed by atoms with Gasteiger partial charge in [-0.2, -0.15) is 5.10 Å². The summed E-state index contributed by atoms with van der Waals surface area (Å²) >= 11 is 0. The van der Waals surface area contributed by atoms with Crippen molar-refractivity contribution in [2.24, 2.45) is 0 Å². The molecule has 0 aromatic carbocycles. The lowest BCUT2D eigenvalue weighted by molar-refractivity contribution is 0.309. The summed E-state index contributed by atoms with van der Waals surface area (Å²) in [6.45, 7) is 10.7. The van der Waals surface area contributed by atoms with E-state index in [-0.39, 0.29) is 16.8 Å². The summed E-state index contributed by atoms with van der Waals surface area (Å²) < 4.78 is 28.4. The summed E-state index contributed by atoms with van der Waals surface area (Å²) in [4.78, 5) is 2.19. The van der Waals surface area contributed by atoms with E-state index in [2.05, 4.69) is 14.7 Å². The lowest BCUT2D eigenvalue weighted by Crippen LogP contribution is -2.35. The molecule has 20 heavy (non-hydrogen) atoms. The van der Waals surface area contributed by atoms with Crippen molar-refractivity contribution >= 4 is 15.8 Å². The van der Waals surface area contributed by atoms with Crippen molar-refractivity contribution in [2.45, 2.75) is 38.6 Å². The molecular formula is C12H25N5O2S. The first-order chi connectivity index (χ1) is 9.33. The van der Waals surface area contributed by atoms with Gasteiger partial charge in [-0.15, -0.1) is 0 Å². The second-order valence-electron chi connectivity index (χ2n) is 4.86. The number of likely N-dealkylation sites (N-methyl/N-ethyl adjacent to an activating group) is 1. The van der Waals surface area contributed by atoms with Crippen LogP contribution in [-0.4, -0.2) is 49.3 Å². The predicted octanol–water partition coefficient (Wildman–Crippen LogP) is 0.666. The highest BCUT2D eigenvalue weighted by molar-refractivity contribution is 7.89. The van der Waals surface area contributed by atoms with Gasteiger partial charge in [-0.05, 0) is 26.9 Å². The molecule has 8 heteroatoms. The molecule has 0 spiro atoms. The van der Waals surface area contributed by atoms with Gasteiger partial charge in [0.05, 0.1) is 6.20 Å². The quantitative estimate of drug-likeness (QED) is 0.736. The molecule has 1 heterocycles. The molecule has 0 amide bonds. The van der Waals surface area contributed by atoms with Crippen LogP contribution in [0.1, 0.15) is 33.7 Å². The lowest BCUT2D eigenvalue weighted by Gasteiger charge is -2.17. The minimum absolute atomic E-state index is 0.0228. The molecule has 1 aromatic rings. The number of nitrogen functional groups attached to an aromatic ring is 1. The number of anilines is 1. The molecule has 0 aliphatic heterocycles. The second kappa shape index (κ2) is 7.05. The van der Waals surface area contributed by atoms with Crippen LogP contribution in [-0.2, 0) is 10.0 Å². The Morgan fingerprint density at radius 3 is 2.45 bits per heavy atom. The Morgan fingerprint density at radius 2 is 2.00 bits per heavy atom. The monoisotopic (exact) mass is 303 g/mol. The van der Waals surface area contributed by atoms with Crippen molar-refractivity contribution in [1.82, 2.24) is 19.4 Å². The molecule has 1 aromatic heterocycles. The minimum atomic E-state index is -3.60. The fraction of sp³-hybridized carbons (Fsp3) is 0.750. The molecule has 0 aliphatic carbocycles. The first-order valence-electron chi connectivity index (χ1n) is 6.88. The number of nitrogens with two attached hydrogens (primary N) is 1. The lowest BCUT2D eigenvalue weighted by atomic mass is 10.4. The number of nitrogens with zero attached hydrogens (tertiary/aromatic N) is 3. The maximum absolute atomic E-state index is 12.2. The Balaban J connectivity index is 2.75. The molecular weight excluding hydrogens is 278 g/mol. The van der Waals surface area contributed by atoms with Gasteiger partial charge in [0, 0.05) is 19.1 Å². The van der Waals surface area contributed by atoms with Crippen LogP contribution in [0.15, 0.2) is 11.1 Å². The van der Waals surface area contributed by atoms with E-state index in [1.54, 1.807) is 0 Å². The van der Waals surface area contributed by atoms with Crippen LogP contribution in [0, 0.1) is 0 Å². The molecule has 116 valence electrons.